The van der Waals surface area contributed by atoms with Crippen LogP contribution in [0.15, 0.2) is 65.6 Å². The predicted molar refractivity (Wildman–Crippen MR) is 110 cm³/mol. The molecule has 29 heavy (non-hydrogen) atoms. The molecule has 7 nitrogen and oxygen atoms in total. The van der Waals surface area contributed by atoms with Crippen molar-refractivity contribution in [2.45, 2.75) is 23.5 Å². The molecular weight excluding hydrogens is 392 g/mol. The number of nitrogens with one attached hydrogen (secondary N) is 1. The van der Waals surface area contributed by atoms with Crippen LogP contribution >= 0.6 is 11.8 Å². The summed E-state index contributed by atoms with van der Waals surface area (Å²) in [5.74, 6) is -2.24. The summed E-state index contributed by atoms with van der Waals surface area (Å²) in [6.07, 6.45) is 1.80. The summed E-state index contributed by atoms with van der Waals surface area (Å²) in [6, 6.07) is 14.0. The van der Waals surface area contributed by atoms with Crippen LogP contribution in [0.3, 0.4) is 0 Å². The number of imide groups is 1. The number of hydrogen-bond donors (Lipinski definition) is 2. The zero-order chi connectivity index (χ0) is 21.0. The number of aryl methyl sites for hydroxylation is 1. The van der Waals surface area contributed by atoms with Gasteiger partial charge < -0.3 is 10.4 Å². The Labute approximate surface area is 171 Å². The van der Waals surface area contributed by atoms with Gasteiger partial charge in [-0.2, -0.15) is 0 Å². The number of amides is 3. The maximum atomic E-state index is 12.7. The fourth-order valence-corrected chi connectivity index (χ4v) is 3.90. The molecule has 1 fully saturated rings. The van der Waals surface area contributed by atoms with E-state index in [1.807, 2.05) is 19.1 Å². The Kier molecular flexibility index (Phi) is 6.13. The molecule has 1 aliphatic rings. The van der Waals surface area contributed by atoms with Gasteiger partial charge in [0.1, 0.15) is 0 Å². The molecule has 2 aromatic carbocycles. The molecule has 1 saturated heterocycles. The number of rotatable bonds is 6. The highest BCUT2D eigenvalue weighted by molar-refractivity contribution is 8.00. The summed E-state index contributed by atoms with van der Waals surface area (Å²) >= 11 is 1.29. The van der Waals surface area contributed by atoms with Crippen molar-refractivity contribution in [3.8, 4) is 0 Å². The molecule has 1 unspecified atom stereocenters. The van der Waals surface area contributed by atoms with Gasteiger partial charge >= 0.3 is 5.97 Å². The summed E-state index contributed by atoms with van der Waals surface area (Å²) in [5, 5.41) is 10.5. The number of carboxylic acids is 1. The molecule has 1 heterocycles. The van der Waals surface area contributed by atoms with Crippen LogP contribution in [-0.2, 0) is 19.2 Å². The van der Waals surface area contributed by atoms with E-state index in [-0.39, 0.29) is 18.2 Å². The molecule has 0 saturated carbocycles. The topological polar surface area (TPSA) is 104 Å². The van der Waals surface area contributed by atoms with Crippen LogP contribution in [-0.4, -0.2) is 34.0 Å². The SMILES string of the molecule is Cc1cccc(N2C(=O)CC(Sc3ccc(NC(=O)C=CC(=O)O)cc3)C2=O)c1. The largest absolute Gasteiger partial charge is 0.478 e. The maximum absolute atomic E-state index is 12.7. The Morgan fingerprint density at radius 1 is 1.14 bits per heavy atom. The highest BCUT2D eigenvalue weighted by atomic mass is 32.2. The number of carbonyl (C=O) groups excluding carboxylic acids is 3. The van der Waals surface area contributed by atoms with Gasteiger partial charge in [-0.25, -0.2) is 9.69 Å². The minimum absolute atomic E-state index is 0.121. The first-order valence-electron chi connectivity index (χ1n) is 8.75. The molecular formula is C21H18N2O5S. The summed E-state index contributed by atoms with van der Waals surface area (Å²) in [4.78, 5) is 49.2. The highest BCUT2D eigenvalue weighted by Crippen LogP contribution is 2.34. The summed E-state index contributed by atoms with van der Waals surface area (Å²) in [7, 11) is 0. The Bertz CT molecular complexity index is 1000. The van der Waals surface area contributed by atoms with Crippen molar-refractivity contribution in [2.24, 2.45) is 0 Å². The van der Waals surface area contributed by atoms with Gasteiger partial charge in [-0.05, 0) is 48.9 Å². The number of carboxylic acid groups (broad SMARTS) is 1. The van der Waals surface area contributed by atoms with Crippen molar-refractivity contribution in [3.05, 3.63) is 66.2 Å². The van der Waals surface area contributed by atoms with Crippen molar-refractivity contribution in [2.75, 3.05) is 10.2 Å². The molecule has 1 atom stereocenters. The summed E-state index contributed by atoms with van der Waals surface area (Å²) in [5.41, 5.74) is 2.04. The van der Waals surface area contributed by atoms with E-state index in [2.05, 4.69) is 5.32 Å². The molecule has 3 rings (SSSR count). The first-order chi connectivity index (χ1) is 13.8. The first-order valence-corrected chi connectivity index (χ1v) is 9.63. The molecule has 0 bridgehead atoms. The fourth-order valence-electron chi connectivity index (χ4n) is 2.85. The van der Waals surface area contributed by atoms with E-state index < -0.39 is 17.1 Å². The van der Waals surface area contributed by atoms with Crippen LogP contribution in [0.1, 0.15) is 12.0 Å². The Morgan fingerprint density at radius 3 is 2.52 bits per heavy atom. The third kappa shape index (κ3) is 5.11. The van der Waals surface area contributed by atoms with E-state index in [1.165, 1.54) is 16.7 Å². The molecule has 2 N–H and O–H groups in total. The first kappa shape index (κ1) is 20.3. The van der Waals surface area contributed by atoms with E-state index >= 15 is 0 Å². The van der Waals surface area contributed by atoms with Gasteiger partial charge in [-0.15, -0.1) is 11.8 Å². The zero-order valence-corrected chi connectivity index (χ0v) is 16.3. The Morgan fingerprint density at radius 2 is 1.86 bits per heavy atom. The Balaban J connectivity index is 1.64. The van der Waals surface area contributed by atoms with Crippen LogP contribution < -0.4 is 10.2 Å². The molecule has 1 aliphatic heterocycles. The van der Waals surface area contributed by atoms with Crippen molar-refractivity contribution in [3.63, 3.8) is 0 Å². The van der Waals surface area contributed by atoms with Crippen molar-refractivity contribution >= 4 is 46.8 Å². The lowest BCUT2D eigenvalue weighted by molar-refractivity contribution is -0.131. The number of benzene rings is 2. The minimum Gasteiger partial charge on any atom is -0.478 e. The third-order valence-electron chi connectivity index (χ3n) is 4.14. The Hall–Kier alpha value is -3.39. The predicted octanol–water partition coefficient (Wildman–Crippen LogP) is 3.00. The lowest BCUT2D eigenvalue weighted by atomic mass is 10.2. The normalized spacial score (nSPS) is 16.4. The molecule has 3 amide bonds. The van der Waals surface area contributed by atoms with Gasteiger partial charge in [0.15, 0.2) is 0 Å². The van der Waals surface area contributed by atoms with E-state index in [0.717, 1.165) is 22.6 Å². The average Bonchev–Trinajstić information content (AvgIpc) is 2.95. The van der Waals surface area contributed by atoms with Crippen LogP contribution in [0, 0.1) is 6.92 Å². The number of thioether (sulfide) groups is 1. The molecule has 0 aliphatic carbocycles. The van der Waals surface area contributed by atoms with Crippen molar-refractivity contribution < 1.29 is 24.3 Å². The van der Waals surface area contributed by atoms with Gasteiger partial charge in [-0.1, -0.05) is 12.1 Å². The second-order valence-electron chi connectivity index (χ2n) is 6.40. The fraction of sp³-hybridized carbons (Fsp3) is 0.143. The lowest BCUT2D eigenvalue weighted by Crippen LogP contribution is -2.31. The van der Waals surface area contributed by atoms with Crippen molar-refractivity contribution in [1.82, 2.24) is 0 Å². The second-order valence-corrected chi connectivity index (χ2v) is 7.68. The van der Waals surface area contributed by atoms with Gasteiger partial charge in [0.2, 0.25) is 17.7 Å². The van der Waals surface area contributed by atoms with E-state index in [0.29, 0.717) is 11.4 Å². The molecule has 148 valence electrons. The van der Waals surface area contributed by atoms with Crippen LogP contribution in [0.4, 0.5) is 11.4 Å². The molecule has 0 aromatic heterocycles. The van der Waals surface area contributed by atoms with Crippen LogP contribution in [0.2, 0.25) is 0 Å². The minimum atomic E-state index is -1.21. The van der Waals surface area contributed by atoms with Gasteiger partial charge in [0.25, 0.3) is 0 Å². The number of anilines is 2. The standard InChI is InChI=1S/C21H18N2O5S/c1-13-3-2-4-15(11-13)23-19(25)12-17(21(23)28)29-16-7-5-14(6-8-16)22-18(24)9-10-20(26)27/h2-11,17H,12H2,1H3,(H,22,24)(H,26,27). The van der Waals surface area contributed by atoms with Gasteiger partial charge in [0.05, 0.1) is 10.9 Å². The summed E-state index contributed by atoms with van der Waals surface area (Å²) in [6.45, 7) is 1.90. The van der Waals surface area contributed by atoms with Crippen LogP contribution in [0.25, 0.3) is 0 Å². The number of carbonyl (C=O) groups is 4. The van der Waals surface area contributed by atoms with Crippen LogP contribution in [0.5, 0.6) is 0 Å². The highest BCUT2D eigenvalue weighted by Gasteiger charge is 2.40. The number of hydrogen-bond acceptors (Lipinski definition) is 5. The smallest absolute Gasteiger partial charge is 0.328 e. The van der Waals surface area contributed by atoms with E-state index in [9.17, 15) is 19.2 Å². The van der Waals surface area contributed by atoms with Gasteiger partial charge in [-0.3, -0.25) is 14.4 Å². The quantitative estimate of drug-likeness (QED) is 0.560. The van der Waals surface area contributed by atoms with Gasteiger partial charge in [0, 0.05) is 29.2 Å². The summed E-state index contributed by atoms with van der Waals surface area (Å²) < 4.78 is 0. The third-order valence-corrected chi connectivity index (χ3v) is 5.34. The van der Waals surface area contributed by atoms with E-state index in [1.54, 1.807) is 36.4 Å². The average molecular weight is 410 g/mol. The zero-order valence-electron chi connectivity index (χ0n) is 15.5. The lowest BCUT2D eigenvalue weighted by Gasteiger charge is -2.15. The number of nitrogens with zero attached hydrogens (tertiary/aromatic N) is 1. The molecule has 2 aromatic rings. The molecule has 0 spiro atoms. The number of aliphatic carboxylic acids is 1. The monoisotopic (exact) mass is 410 g/mol. The molecule has 0 radical (unpaired) electrons. The second kappa shape index (κ2) is 8.74. The maximum Gasteiger partial charge on any atom is 0.328 e. The molecule has 8 heteroatoms. The van der Waals surface area contributed by atoms with Crippen molar-refractivity contribution in [1.29, 1.82) is 0 Å². The van der Waals surface area contributed by atoms with E-state index in [4.69, 9.17) is 5.11 Å².